The molecule has 0 bridgehead atoms. The third-order valence-corrected chi connectivity index (χ3v) is 6.32. The van der Waals surface area contributed by atoms with Gasteiger partial charge in [-0.15, -0.1) is 0 Å². The van der Waals surface area contributed by atoms with E-state index in [1.54, 1.807) is 6.20 Å². The zero-order valence-electron chi connectivity index (χ0n) is 12.9. The minimum Gasteiger partial charge on any atom is -0.355 e. The summed E-state index contributed by atoms with van der Waals surface area (Å²) in [4.78, 5) is 6.57. The Bertz CT molecular complexity index is 797. The Labute approximate surface area is 149 Å². The van der Waals surface area contributed by atoms with Gasteiger partial charge >= 0.3 is 0 Å². The molecule has 1 aromatic heterocycles. The Morgan fingerprint density at radius 2 is 1.75 bits per heavy atom. The van der Waals surface area contributed by atoms with Crippen molar-refractivity contribution in [1.29, 1.82) is 0 Å². The van der Waals surface area contributed by atoms with Crippen LogP contribution in [0.2, 0.25) is 0 Å². The summed E-state index contributed by atoms with van der Waals surface area (Å²) >= 11 is 3.36. The van der Waals surface area contributed by atoms with Crippen LogP contribution in [0.5, 0.6) is 0 Å². The quantitative estimate of drug-likeness (QED) is 0.775. The van der Waals surface area contributed by atoms with Crippen molar-refractivity contribution in [3.8, 4) is 0 Å². The third kappa shape index (κ3) is 3.76. The van der Waals surface area contributed by atoms with Gasteiger partial charge in [-0.25, -0.2) is 17.8 Å². The topological polar surface area (TPSA) is 53.5 Å². The number of aromatic nitrogens is 1. The van der Waals surface area contributed by atoms with Crippen molar-refractivity contribution in [1.82, 2.24) is 9.29 Å². The van der Waals surface area contributed by atoms with Crippen LogP contribution in [0.1, 0.15) is 6.42 Å². The number of hydrogen-bond acceptors (Lipinski definition) is 4. The van der Waals surface area contributed by atoms with E-state index >= 15 is 0 Å². The number of hydrogen-bond donors (Lipinski definition) is 0. The molecule has 0 amide bonds. The highest BCUT2D eigenvalue weighted by molar-refractivity contribution is 9.10. The monoisotopic (exact) mass is 413 g/mol. The minimum absolute atomic E-state index is 0.124. The van der Waals surface area contributed by atoms with Crippen molar-refractivity contribution in [3.63, 3.8) is 0 Å². The molecule has 24 heavy (non-hydrogen) atoms. The molecule has 0 unspecified atom stereocenters. The van der Waals surface area contributed by atoms with Crippen LogP contribution < -0.4 is 4.90 Å². The standard InChI is InChI=1S/C16H17BrFN3O2S/c17-13-2-7-16(19-12-13)20-8-1-9-21(11-10-20)24(22,23)15-5-3-14(18)4-6-15/h2-7,12H,1,8-11H2. The number of pyridine rings is 1. The number of sulfonamides is 1. The van der Waals surface area contributed by atoms with Gasteiger partial charge in [0.2, 0.25) is 10.0 Å². The fraction of sp³-hybridized carbons (Fsp3) is 0.312. The van der Waals surface area contributed by atoms with E-state index in [4.69, 9.17) is 0 Å². The number of rotatable bonds is 3. The number of halogens is 2. The molecule has 0 atom stereocenters. The molecule has 8 heteroatoms. The largest absolute Gasteiger partial charge is 0.355 e. The molecule has 1 aliphatic heterocycles. The summed E-state index contributed by atoms with van der Waals surface area (Å²) in [6, 6.07) is 8.78. The van der Waals surface area contributed by atoms with Gasteiger partial charge in [0.15, 0.2) is 0 Å². The second-order valence-electron chi connectivity index (χ2n) is 5.53. The van der Waals surface area contributed by atoms with Crippen LogP contribution >= 0.6 is 15.9 Å². The van der Waals surface area contributed by atoms with Crippen LogP contribution in [0.3, 0.4) is 0 Å². The van der Waals surface area contributed by atoms with Gasteiger partial charge in [0, 0.05) is 36.8 Å². The molecule has 0 aliphatic carbocycles. The Balaban J connectivity index is 1.75. The van der Waals surface area contributed by atoms with Crippen molar-refractivity contribution in [2.75, 3.05) is 31.1 Å². The van der Waals surface area contributed by atoms with Crippen molar-refractivity contribution in [2.24, 2.45) is 0 Å². The SMILES string of the molecule is O=S(=O)(c1ccc(F)cc1)N1CCCN(c2ccc(Br)cn2)CC1. The highest BCUT2D eigenvalue weighted by Gasteiger charge is 2.27. The normalized spacial score (nSPS) is 16.8. The van der Waals surface area contributed by atoms with Gasteiger partial charge in [-0.3, -0.25) is 0 Å². The number of benzene rings is 1. The van der Waals surface area contributed by atoms with E-state index in [0.717, 1.165) is 16.8 Å². The lowest BCUT2D eigenvalue weighted by atomic mass is 10.3. The summed E-state index contributed by atoms with van der Waals surface area (Å²) in [6.07, 6.45) is 2.44. The molecule has 1 fully saturated rings. The van der Waals surface area contributed by atoms with Crippen molar-refractivity contribution in [3.05, 3.63) is 52.9 Å². The highest BCUT2D eigenvalue weighted by Crippen LogP contribution is 2.21. The fourth-order valence-corrected chi connectivity index (χ4v) is 4.38. The molecule has 5 nitrogen and oxygen atoms in total. The highest BCUT2D eigenvalue weighted by atomic mass is 79.9. The molecule has 0 spiro atoms. The predicted molar refractivity (Wildman–Crippen MR) is 93.9 cm³/mol. The first-order valence-corrected chi connectivity index (χ1v) is 9.82. The zero-order valence-corrected chi connectivity index (χ0v) is 15.3. The van der Waals surface area contributed by atoms with Gasteiger partial charge in [0.1, 0.15) is 11.6 Å². The summed E-state index contributed by atoms with van der Waals surface area (Å²) in [7, 11) is -3.60. The molecule has 0 N–H and O–H groups in total. The summed E-state index contributed by atoms with van der Waals surface area (Å²) in [6.45, 7) is 2.11. The van der Waals surface area contributed by atoms with Gasteiger partial charge in [-0.1, -0.05) is 0 Å². The second kappa shape index (κ2) is 7.16. The maximum atomic E-state index is 13.0. The number of nitrogens with zero attached hydrogens (tertiary/aromatic N) is 3. The first-order chi connectivity index (χ1) is 11.5. The average Bonchev–Trinajstić information content (AvgIpc) is 2.82. The predicted octanol–water partition coefficient (Wildman–Crippen LogP) is 2.88. The van der Waals surface area contributed by atoms with E-state index in [1.165, 1.54) is 28.6 Å². The summed E-state index contributed by atoms with van der Waals surface area (Å²) in [5, 5.41) is 0. The second-order valence-corrected chi connectivity index (χ2v) is 8.39. The summed E-state index contributed by atoms with van der Waals surface area (Å²) in [5.74, 6) is 0.386. The van der Waals surface area contributed by atoms with E-state index < -0.39 is 15.8 Å². The van der Waals surface area contributed by atoms with E-state index in [9.17, 15) is 12.8 Å². The van der Waals surface area contributed by atoms with Crippen molar-refractivity contribution < 1.29 is 12.8 Å². The molecular weight excluding hydrogens is 397 g/mol. The van der Waals surface area contributed by atoms with E-state index in [1.807, 2.05) is 12.1 Å². The van der Waals surface area contributed by atoms with Gasteiger partial charge in [-0.2, -0.15) is 4.31 Å². The molecule has 2 heterocycles. The molecule has 0 radical (unpaired) electrons. The maximum absolute atomic E-state index is 13.0. The molecule has 3 rings (SSSR count). The van der Waals surface area contributed by atoms with Gasteiger partial charge in [0.05, 0.1) is 4.90 Å². The van der Waals surface area contributed by atoms with Crippen LogP contribution in [0.4, 0.5) is 10.2 Å². The Morgan fingerprint density at radius 1 is 1.00 bits per heavy atom. The molecular formula is C16H17BrFN3O2S. The van der Waals surface area contributed by atoms with Crippen LogP contribution in [-0.2, 0) is 10.0 Å². The first kappa shape index (κ1) is 17.3. The van der Waals surface area contributed by atoms with E-state index in [0.29, 0.717) is 26.1 Å². The van der Waals surface area contributed by atoms with Crippen LogP contribution in [0.15, 0.2) is 52.0 Å². The summed E-state index contributed by atoms with van der Waals surface area (Å²) < 4.78 is 40.8. The van der Waals surface area contributed by atoms with Gasteiger partial charge < -0.3 is 4.90 Å². The van der Waals surface area contributed by atoms with Crippen LogP contribution in [-0.4, -0.2) is 43.9 Å². The van der Waals surface area contributed by atoms with Crippen LogP contribution in [0, 0.1) is 5.82 Å². The number of anilines is 1. The maximum Gasteiger partial charge on any atom is 0.243 e. The molecule has 1 aliphatic rings. The zero-order chi connectivity index (χ0) is 17.2. The molecule has 0 saturated carbocycles. The Kier molecular flexibility index (Phi) is 5.17. The van der Waals surface area contributed by atoms with E-state index in [-0.39, 0.29) is 4.90 Å². The van der Waals surface area contributed by atoms with Gasteiger partial charge in [-0.05, 0) is 58.7 Å². The van der Waals surface area contributed by atoms with Crippen LogP contribution in [0.25, 0.3) is 0 Å². The lowest BCUT2D eigenvalue weighted by molar-refractivity contribution is 0.433. The van der Waals surface area contributed by atoms with E-state index in [2.05, 4.69) is 25.8 Å². The van der Waals surface area contributed by atoms with Gasteiger partial charge in [0.25, 0.3) is 0 Å². The first-order valence-electron chi connectivity index (χ1n) is 7.59. The molecule has 2 aromatic rings. The fourth-order valence-electron chi connectivity index (χ4n) is 2.67. The summed E-state index contributed by atoms with van der Waals surface area (Å²) in [5.41, 5.74) is 0. The molecule has 1 saturated heterocycles. The molecule has 128 valence electrons. The Morgan fingerprint density at radius 3 is 2.42 bits per heavy atom. The lowest BCUT2D eigenvalue weighted by Gasteiger charge is -2.22. The third-order valence-electron chi connectivity index (χ3n) is 3.94. The molecule has 1 aromatic carbocycles. The lowest BCUT2D eigenvalue weighted by Crippen LogP contribution is -2.35. The smallest absolute Gasteiger partial charge is 0.243 e. The van der Waals surface area contributed by atoms with Crippen molar-refractivity contribution >= 4 is 31.8 Å². The average molecular weight is 414 g/mol. The van der Waals surface area contributed by atoms with Crippen molar-refractivity contribution in [2.45, 2.75) is 11.3 Å². The Hall–Kier alpha value is -1.51. The minimum atomic E-state index is -3.60.